The van der Waals surface area contributed by atoms with Crippen molar-refractivity contribution in [1.29, 1.82) is 0 Å². The molecule has 212 valence electrons. The zero-order valence-corrected chi connectivity index (χ0v) is 23.9. The van der Waals surface area contributed by atoms with Crippen LogP contribution in [0.15, 0.2) is 102 Å². The third-order valence-electron chi connectivity index (χ3n) is 7.29. The summed E-state index contributed by atoms with van der Waals surface area (Å²) in [5, 5.41) is 25.2. The van der Waals surface area contributed by atoms with E-state index in [0.29, 0.717) is 17.3 Å². The maximum atomic E-state index is 12.2. The van der Waals surface area contributed by atoms with Crippen LogP contribution in [0.3, 0.4) is 0 Å². The number of benzene rings is 3. The number of pyridine rings is 1. The van der Waals surface area contributed by atoms with E-state index in [0.717, 1.165) is 38.1 Å². The molecule has 0 radical (unpaired) electrons. The molecule has 1 aliphatic rings. The molecule has 4 unspecified atom stereocenters. The Morgan fingerprint density at radius 2 is 1.68 bits per heavy atom. The molecule has 8 heteroatoms. The van der Waals surface area contributed by atoms with E-state index in [2.05, 4.69) is 30.4 Å². The highest BCUT2D eigenvalue weighted by Gasteiger charge is 2.38. The molecule has 0 saturated carbocycles. The van der Waals surface area contributed by atoms with Crippen LogP contribution in [0.2, 0.25) is 0 Å². The van der Waals surface area contributed by atoms with Crippen LogP contribution in [0.4, 0.5) is 0 Å². The third-order valence-corrected chi connectivity index (χ3v) is 8.40. The lowest BCUT2D eigenvalue weighted by Gasteiger charge is -2.41. The van der Waals surface area contributed by atoms with E-state index >= 15 is 0 Å². The van der Waals surface area contributed by atoms with Crippen LogP contribution in [0.25, 0.3) is 11.1 Å². The Bertz CT molecular complexity index is 1460. The first-order valence-electron chi connectivity index (χ1n) is 13.7. The number of hydrogen-bond donors (Lipinski definition) is 2. The number of carbonyl (C=O) groups excluding carboxylic acids is 1. The molecule has 1 aliphatic heterocycles. The minimum atomic E-state index is -0.588. The fourth-order valence-electron chi connectivity index (χ4n) is 4.92. The second-order valence-electron chi connectivity index (χ2n) is 10.2. The summed E-state index contributed by atoms with van der Waals surface area (Å²) in [4.78, 5) is 11.3. The van der Waals surface area contributed by atoms with Crippen LogP contribution in [-0.2, 0) is 27.4 Å². The molecule has 4 atom stereocenters. The SMILES string of the molecule is CC(=O)NCc1cccc(-c2ccc(C3OC(CSc4cccc[n+]4[O-])C(C)C(c4ccc(CO)cc4)O3)cc2)c1. The van der Waals surface area contributed by atoms with Crippen molar-refractivity contribution >= 4 is 17.7 Å². The summed E-state index contributed by atoms with van der Waals surface area (Å²) >= 11 is 1.48. The van der Waals surface area contributed by atoms with Gasteiger partial charge in [-0.05, 0) is 39.9 Å². The zero-order valence-electron chi connectivity index (χ0n) is 23.1. The first kappa shape index (κ1) is 28.8. The summed E-state index contributed by atoms with van der Waals surface area (Å²) in [5.41, 5.74) is 5.91. The monoisotopic (exact) mass is 570 g/mol. The van der Waals surface area contributed by atoms with Gasteiger partial charge in [0.15, 0.2) is 12.5 Å². The summed E-state index contributed by atoms with van der Waals surface area (Å²) in [5.74, 6) is 0.558. The molecule has 7 nitrogen and oxygen atoms in total. The van der Waals surface area contributed by atoms with Gasteiger partial charge < -0.3 is 25.1 Å². The van der Waals surface area contributed by atoms with E-state index in [1.165, 1.54) is 24.9 Å². The van der Waals surface area contributed by atoms with Gasteiger partial charge in [-0.2, -0.15) is 4.73 Å². The second kappa shape index (κ2) is 13.3. The van der Waals surface area contributed by atoms with Gasteiger partial charge in [-0.25, -0.2) is 0 Å². The highest BCUT2D eigenvalue weighted by Crippen LogP contribution is 2.43. The number of aliphatic hydroxyl groups is 1. The number of aromatic nitrogens is 1. The number of nitrogens with zero attached hydrogens (tertiary/aromatic N) is 1. The second-order valence-corrected chi connectivity index (χ2v) is 11.3. The van der Waals surface area contributed by atoms with Gasteiger partial charge in [0, 0.05) is 42.8 Å². The number of hydrogen-bond acceptors (Lipinski definition) is 6. The molecule has 1 amide bonds. The van der Waals surface area contributed by atoms with Crippen LogP contribution in [0.5, 0.6) is 0 Å². The fourth-order valence-corrected chi connectivity index (χ4v) is 6.00. The Hall–Kier alpha value is -3.69. The summed E-state index contributed by atoms with van der Waals surface area (Å²) in [6.07, 6.45) is 0.510. The Morgan fingerprint density at radius 3 is 2.39 bits per heavy atom. The Kier molecular flexibility index (Phi) is 9.36. The Labute approximate surface area is 244 Å². The number of aliphatic hydroxyl groups excluding tert-OH is 1. The Balaban J connectivity index is 1.37. The first-order chi connectivity index (χ1) is 19.9. The van der Waals surface area contributed by atoms with Crippen molar-refractivity contribution in [3.05, 3.63) is 125 Å². The summed E-state index contributed by atoms with van der Waals surface area (Å²) in [6.45, 7) is 4.09. The van der Waals surface area contributed by atoms with Crippen LogP contribution in [0, 0.1) is 11.1 Å². The molecule has 0 bridgehead atoms. The quantitative estimate of drug-likeness (QED) is 0.152. The summed E-state index contributed by atoms with van der Waals surface area (Å²) in [7, 11) is 0. The van der Waals surface area contributed by atoms with E-state index in [-0.39, 0.29) is 30.6 Å². The number of carbonyl (C=O) groups is 1. The van der Waals surface area contributed by atoms with Gasteiger partial charge in [0.25, 0.3) is 5.03 Å². The lowest BCUT2D eigenvalue weighted by molar-refractivity contribution is -0.645. The molecule has 0 spiro atoms. The lowest BCUT2D eigenvalue weighted by Crippen LogP contribution is -2.39. The fraction of sp³-hybridized carbons (Fsp3) is 0.273. The van der Waals surface area contributed by atoms with E-state index in [1.54, 1.807) is 6.07 Å². The predicted octanol–water partition coefficient (Wildman–Crippen LogP) is 5.70. The molecule has 3 aromatic carbocycles. The lowest BCUT2D eigenvalue weighted by atomic mass is 9.91. The van der Waals surface area contributed by atoms with Crippen LogP contribution >= 0.6 is 11.8 Å². The minimum Gasteiger partial charge on any atom is -0.618 e. The van der Waals surface area contributed by atoms with Gasteiger partial charge in [-0.3, -0.25) is 4.79 Å². The molecular formula is C33H34N2O5S. The van der Waals surface area contributed by atoms with Crippen molar-refractivity contribution < 1.29 is 24.1 Å². The summed E-state index contributed by atoms with van der Waals surface area (Å²) < 4.78 is 14.0. The molecule has 5 rings (SSSR count). The molecule has 0 aliphatic carbocycles. The molecule has 1 fully saturated rings. The maximum absolute atomic E-state index is 12.2. The molecular weight excluding hydrogens is 536 g/mol. The zero-order chi connectivity index (χ0) is 28.8. The minimum absolute atomic E-state index is 0.0128. The molecule has 1 saturated heterocycles. The van der Waals surface area contributed by atoms with Gasteiger partial charge in [0.2, 0.25) is 5.91 Å². The topological polar surface area (TPSA) is 94.7 Å². The largest absolute Gasteiger partial charge is 0.618 e. The number of ether oxygens (including phenoxy) is 2. The standard InChI is InChI=1S/C33H34N2O5S/c1-22-30(21-41-31-8-3-4-17-35(31)38)39-33(40-32(22)27-11-9-24(20-36)10-12-27)28-15-13-26(14-16-28)29-7-5-6-25(18-29)19-34-23(2)37/h3-18,22,30,32-33,36H,19-21H2,1-2H3,(H,34,37). The highest BCUT2D eigenvalue weighted by molar-refractivity contribution is 7.99. The molecule has 2 N–H and O–H groups in total. The van der Waals surface area contributed by atoms with Crippen molar-refractivity contribution in [2.75, 3.05) is 5.75 Å². The normalized spacial score (nSPS) is 20.5. The number of nitrogens with one attached hydrogen (secondary N) is 1. The molecule has 41 heavy (non-hydrogen) atoms. The van der Waals surface area contributed by atoms with E-state index in [9.17, 15) is 15.1 Å². The van der Waals surface area contributed by atoms with Crippen molar-refractivity contribution in [2.45, 2.75) is 50.5 Å². The van der Waals surface area contributed by atoms with Gasteiger partial charge in [0.1, 0.15) is 0 Å². The van der Waals surface area contributed by atoms with Gasteiger partial charge >= 0.3 is 0 Å². The number of rotatable bonds is 9. The first-order valence-corrected chi connectivity index (χ1v) is 14.6. The Morgan fingerprint density at radius 1 is 0.927 bits per heavy atom. The number of thioether (sulfide) groups is 1. The highest BCUT2D eigenvalue weighted by atomic mass is 32.2. The predicted molar refractivity (Wildman–Crippen MR) is 158 cm³/mol. The average Bonchev–Trinajstić information content (AvgIpc) is 3.00. The van der Waals surface area contributed by atoms with Gasteiger partial charge in [-0.1, -0.05) is 85.4 Å². The van der Waals surface area contributed by atoms with Crippen molar-refractivity contribution in [3.8, 4) is 11.1 Å². The third kappa shape index (κ3) is 7.15. The smallest absolute Gasteiger partial charge is 0.251 e. The maximum Gasteiger partial charge on any atom is 0.251 e. The van der Waals surface area contributed by atoms with Crippen molar-refractivity contribution in [2.24, 2.45) is 5.92 Å². The van der Waals surface area contributed by atoms with Crippen LogP contribution in [-0.4, -0.2) is 22.9 Å². The average molecular weight is 571 g/mol. The molecule has 4 aromatic rings. The number of amides is 1. The van der Waals surface area contributed by atoms with E-state index in [4.69, 9.17) is 9.47 Å². The van der Waals surface area contributed by atoms with Gasteiger partial charge in [-0.15, -0.1) is 0 Å². The van der Waals surface area contributed by atoms with Crippen LogP contribution in [0.1, 0.15) is 48.5 Å². The molecule has 1 aromatic heterocycles. The van der Waals surface area contributed by atoms with Crippen molar-refractivity contribution in [3.63, 3.8) is 0 Å². The van der Waals surface area contributed by atoms with E-state index in [1.807, 2.05) is 66.7 Å². The van der Waals surface area contributed by atoms with Crippen molar-refractivity contribution in [1.82, 2.24) is 5.32 Å². The molecule has 2 heterocycles. The van der Waals surface area contributed by atoms with E-state index < -0.39 is 6.29 Å². The van der Waals surface area contributed by atoms with Crippen LogP contribution < -0.4 is 10.0 Å². The summed E-state index contributed by atoms with van der Waals surface area (Å²) in [6, 6.07) is 29.5. The van der Waals surface area contributed by atoms with Gasteiger partial charge in [0.05, 0.1) is 18.8 Å².